The molecule has 0 unspecified atom stereocenters. The summed E-state index contributed by atoms with van der Waals surface area (Å²) in [7, 11) is 0. The third-order valence-electron chi connectivity index (χ3n) is 2.80. The molecule has 0 fully saturated rings. The second-order valence-electron chi connectivity index (χ2n) is 4.14. The summed E-state index contributed by atoms with van der Waals surface area (Å²) in [4.78, 5) is 13.1. The maximum absolute atomic E-state index is 13.1. The highest BCUT2D eigenvalue weighted by atomic mass is 32.2. The van der Waals surface area contributed by atoms with Crippen LogP contribution in [-0.2, 0) is 0 Å². The van der Waals surface area contributed by atoms with E-state index in [2.05, 4.69) is 5.32 Å². The summed E-state index contributed by atoms with van der Waals surface area (Å²) < 4.78 is 13.1. The molecule has 0 aromatic heterocycles. The highest BCUT2D eigenvalue weighted by Crippen LogP contribution is 2.18. The van der Waals surface area contributed by atoms with Crippen molar-refractivity contribution in [3.63, 3.8) is 0 Å². The van der Waals surface area contributed by atoms with Gasteiger partial charge in [-0.2, -0.15) is 0 Å². The van der Waals surface area contributed by atoms with Crippen LogP contribution in [0.25, 0.3) is 0 Å². The lowest BCUT2D eigenvalue weighted by atomic mass is 10.1. The molecule has 1 N–H and O–H groups in total. The Morgan fingerprint density at radius 2 is 1.84 bits per heavy atom. The number of carbonyl (C=O) groups excluding carboxylic acids is 1. The number of thioether (sulfide) groups is 1. The summed E-state index contributed by atoms with van der Waals surface area (Å²) in [6, 6.07) is 11.6. The van der Waals surface area contributed by atoms with E-state index < -0.39 is 0 Å². The fourth-order valence-electron chi connectivity index (χ4n) is 1.67. The number of aryl methyl sites for hydroxylation is 1. The Bertz CT molecular complexity index is 596. The Hall–Kier alpha value is -1.81. The first-order chi connectivity index (χ1) is 9.10. The van der Waals surface area contributed by atoms with Gasteiger partial charge in [0.25, 0.3) is 5.91 Å². The van der Waals surface area contributed by atoms with Gasteiger partial charge in [0.15, 0.2) is 0 Å². The SMILES string of the molecule is CSc1ccc(C(=O)Nc2cc(F)ccc2C)cc1. The van der Waals surface area contributed by atoms with Gasteiger partial charge in [0.05, 0.1) is 0 Å². The third kappa shape index (κ3) is 3.35. The van der Waals surface area contributed by atoms with Crippen molar-refractivity contribution >= 4 is 23.4 Å². The number of benzene rings is 2. The normalized spacial score (nSPS) is 10.3. The van der Waals surface area contributed by atoms with Gasteiger partial charge >= 0.3 is 0 Å². The Morgan fingerprint density at radius 3 is 2.47 bits per heavy atom. The molecule has 2 aromatic carbocycles. The van der Waals surface area contributed by atoms with E-state index in [1.807, 2.05) is 25.3 Å². The Kier molecular flexibility index (Phi) is 4.22. The highest BCUT2D eigenvalue weighted by molar-refractivity contribution is 7.98. The van der Waals surface area contributed by atoms with Gasteiger partial charge in [0.2, 0.25) is 0 Å². The Morgan fingerprint density at radius 1 is 1.16 bits per heavy atom. The average Bonchev–Trinajstić information content (AvgIpc) is 2.43. The molecule has 2 aromatic rings. The number of nitrogens with one attached hydrogen (secondary N) is 1. The zero-order chi connectivity index (χ0) is 13.8. The van der Waals surface area contributed by atoms with Crippen molar-refractivity contribution in [3.8, 4) is 0 Å². The molecule has 0 atom stereocenters. The van der Waals surface area contributed by atoms with Crippen molar-refractivity contribution in [2.45, 2.75) is 11.8 Å². The summed E-state index contributed by atoms with van der Waals surface area (Å²) in [5.74, 6) is -0.597. The molecular formula is C15H14FNOS. The number of rotatable bonds is 3. The minimum atomic E-state index is -0.362. The highest BCUT2D eigenvalue weighted by Gasteiger charge is 2.08. The summed E-state index contributed by atoms with van der Waals surface area (Å²) in [5.41, 5.74) is 1.89. The van der Waals surface area contributed by atoms with Crippen molar-refractivity contribution in [1.82, 2.24) is 0 Å². The molecule has 0 aliphatic carbocycles. The van der Waals surface area contributed by atoms with Crippen molar-refractivity contribution in [1.29, 1.82) is 0 Å². The number of hydrogen-bond acceptors (Lipinski definition) is 2. The average molecular weight is 275 g/mol. The van der Waals surface area contributed by atoms with Gasteiger partial charge in [-0.05, 0) is 55.1 Å². The van der Waals surface area contributed by atoms with E-state index in [-0.39, 0.29) is 11.7 Å². The quantitative estimate of drug-likeness (QED) is 0.854. The van der Waals surface area contributed by atoms with Crippen LogP contribution < -0.4 is 5.32 Å². The second kappa shape index (κ2) is 5.89. The molecular weight excluding hydrogens is 261 g/mol. The summed E-state index contributed by atoms with van der Waals surface area (Å²) in [6.07, 6.45) is 1.98. The molecule has 2 nitrogen and oxygen atoms in total. The standard InChI is InChI=1S/C15H14FNOS/c1-10-3-6-12(16)9-14(10)17-15(18)11-4-7-13(19-2)8-5-11/h3-9H,1-2H3,(H,17,18). The van der Waals surface area contributed by atoms with Gasteiger partial charge in [-0.3, -0.25) is 4.79 Å². The van der Waals surface area contributed by atoms with Gasteiger partial charge in [-0.15, -0.1) is 11.8 Å². The summed E-state index contributed by atoms with van der Waals surface area (Å²) in [6.45, 7) is 1.83. The van der Waals surface area contributed by atoms with Gasteiger partial charge in [-0.25, -0.2) is 4.39 Å². The maximum atomic E-state index is 13.1. The lowest BCUT2D eigenvalue weighted by Gasteiger charge is -2.08. The van der Waals surface area contributed by atoms with E-state index in [0.29, 0.717) is 11.3 Å². The van der Waals surface area contributed by atoms with Crippen LogP contribution in [0, 0.1) is 12.7 Å². The van der Waals surface area contributed by atoms with Crippen molar-refractivity contribution in [2.75, 3.05) is 11.6 Å². The van der Waals surface area contributed by atoms with Crippen molar-refractivity contribution in [2.24, 2.45) is 0 Å². The van der Waals surface area contributed by atoms with Crippen LogP contribution in [0.3, 0.4) is 0 Å². The minimum absolute atomic E-state index is 0.235. The predicted octanol–water partition coefficient (Wildman–Crippen LogP) is 4.11. The Balaban J connectivity index is 2.18. The molecule has 0 bridgehead atoms. The number of halogens is 1. The molecule has 2 rings (SSSR count). The van der Waals surface area contributed by atoms with Gasteiger partial charge in [-0.1, -0.05) is 6.07 Å². The Labute approximate surface area is 116 Å². The van der Waals surface area contributed by atoms with E-state index in [1.54, 1.807) is 30.0 Å². The van der Waals surface area contributed by atoms with Crippen molar-refractivity contribution in [3.05, 3.63) is 59.4 Å². The molecule has 0 spiro atoms. The van der Waals surface area contributed by atoms with Crippen LogP contribution in [0.1, 0.15) is 15.9 Å². The zero-order valence-electron chi connectivity index (χ0n) is 10.7. The van der Waals surface area contributed by atoms with Crippen molar-refractivity contribution < 1.29 is 9.18 Å². The molecule has 0 aliphatic rings. The third-order valence-corrected chi connectivity index (χ3v) is 3.54. The summed E-state index contributed by atoms with van der Waals surface area (Å²) in [5, 5.41) is 2.72. The van der Waals surface area contributed by atoms with E-state index in [0.717, 1.165) is 10.5 Å². The molecule has 0 aliphatic heterocycles. The van der Waals surface area contributed by atoms with Crippen LogP contribution in [0.4, 0.5) is 10.1 Å². The van der Waals surface area contributed by atoms with Gasteiger partial charge in [0, 0.05) is 16.1 Å². The number of amides is 1. The van der Waals surface area contributed by atoms with E-state index in [1.165, 1.54) is 12.1 Å². The van der Waals surface area contributed by atoms with E-state index >= 15 is 0 Å². The number of hydrogen-bond donors (Lipinski definition) is 1. The fourth-order valence-corrected chi connectivity index (χ4v) is 2.07. The monoisotopic (exact) mass is 275 g/mol. The number of anilines is 1. The summed E-state index contributed by atoms with van der Waals surface area (Å²) >= 11 is 1.62. The maximum Gasteiger partial charge on any atom is 0.255 e. The molecule has 98 valence electrons. The van der Waals surface area contributed by atoms with Crippen LogP contribution >= 0.6 is 11.8 Å². The van der Waals surface area contributed by atoms with E-state index in [9.17, 15) is 9.18 Å². The number of carbonyl (C=O) groups is 1. The van der Waals surface area contributed by atoms with Crippen LogP contribution in [0.2, 0.25) is 0 Å². The van der Waals surface area contributed by atoms with Gasteiger partial charge < -0.3 is 5.32 Å². The minimum Gasteiger partial charge on any atom is -0.322 e. The lowest BCUT2D eigenvalue weighted by molar-refractivity contribution is 0.102. The van der Waals surface area contributed by atoms with Crippen LogP contribution in [0.15, 0.2) is 47.4 Å². The second-order valence-corrected chi connectivity index (χ2v) is 5.02. The van der Waals surface area contributed by atoms with Crippen LogP contribution in [-0.4, -0.2) is 12.2 Å². The molecule has 0 saturated heterocycles. The first-order valence-corrected chi connectivity index (χ1v) is 7.04. The molecule has 0 heterocycles. The molecule has 4 heteroatoms. The molecule has 19 heavy (non-hydrogen) atoms. The van der Waals surface area contributed by atoms with E-state index in [4.69, 9.17) is 0 Å². The molecule has 0 radical (unpaired) electrons. The molecule has 0 saturated carbocycles. The smallest absolute Gasteiger partial charge is 0.255 e. The first kappa shape index (κ1) is 13.6. The van der Waals surface area contributed by atoms with Gasteiger partial charge in [0.1, 0.15) is 5.82 Å². The topological polar surface area (TPSA) is 29.1 Å². The first-order valence-electron chi connectivity index (χ1n) is 5.81. The largest absolute Gasteiger partial charge is 0.322 e. The zero-order valence-corrected chi connectivity index (χ0v) is 11.6. The molecule has 1 amide bonds. The predicted molar refractivity (Wildman–Crippen MR) is 77.3 cm³/mol. The van der Waals surface area contributed by atoms with Crippen LogP contribution in [0.5, 0.6) is 0 Å². The lowest BCUT2D eigenvalue weighted by Crippen LogP contribution is -2.12. The fraction of sp³-hybridized carbons (Fsp3) is 0.133.